The Balaban J connectivity index is 0.000000117. The SMILES string of the molecule is CC[C@@H]1c2nncn2-c2cnc(Nc3ccc(C(=O)N(C)C)cc3C)nc2N1C1CCCC1.CC[C@@H]1c2nncn2-c2cnc(Nc3ccc(C(=O)NC)cc3C)nc2N1C1CCCC1.CC[C@@H]1c2nncn2-c2cnc(Nc3ccc(C(=O)NC4CC4)cc3OC)nc2N1C1CCCC1.CC[C@@H]1c2nncn2-c2cnc(Nc3ccc(C(=O)N[C@@H]4CCOC4)cc3OC)nc2N1C1CCCC1. The van der Waals surface area contributed by atoms with E-state index in [4.69, 9.17) is 34.1 Å². The molecule has 5 atom stereocenters. The van der Waals surface area contributed by atoms with Crippen molar-refractivity contribution >= 4 is 93.4 Å². The van der Waals surface area contributed by atoms with Gasteiger partial charge in [0.2, 0.25) is 23.8 Å². The molecule has 0 spiro atoms. The van der Waals surface area contributed by atoms with Crippen molar-refractivity contribution in [3.63, 3.8) is 0 Å². The van der Waals surface area contributed by atoms with Crippen LogP contribution < -0.4 is 66.3 Å². The molecule has 0 unspecified atom stereocenters. The van der Waals surface area contributed by atoms with Crippen LogP contribution in [0.4, 0.5) is 69.8 Å². The number of amides is 4. The number of ether oxygens (including phenoxy) is 3. The average Bonchev–Trinajstić information content (AvgIpc) is 1.72. The molecule has 5 aliphatic heterocycles. The van der Waals surface area contributed by atoms with Gasteiger partial charge in [-0.3, -0.25) is 37.4 Å². The lowest BCUT2D eigenvalue weighted by Crippen LogP contribution is -2.42. The topological polar surface area (TPSA) is 422 Å². The van der Waals surface area contributed by atoms with Crippen LogP contribution in [0, 0.1) is 13.8 Å². The van der Waals surface area contributed by atoms with Crippen LogP contribution >= 0.6 is 0 Å². The van der Waals surface area contributed by atoms with Crippen molar-refractivity contribution in [2.45, 2.75) is 250 Å². The molecular weight excluding hydrogens is 1740 g/mol. The summed E-state index contributed by atoms with van der Waals surface area (Å²) in [5.74, 6) is 10.2. The zero-order valence-corrected chi connectivity index (χ0v) is 79.5. The molecule has 12 aromatic rings. The van der Waals surface area contributed by atoms with Gasteiger partial charge < -0.3 is 75.9 Å². The number of anilines is 12. The van der Waals surface area contributed by atoms with Crippen molar-refractivity contribution in [1.82, 2.24) is 120 Å². The summed E-state index contributed by atoms with van der Waals surface area (Å²) in [7, 11) is 8.32. The van der Waals surface area contributed by atoms with Gasteiger partial charge in [-0.25, -0.2) is 19.9 Å². The van der Waals surface area contributed by atoms with E-state index in [9.17, 15) is 19.2 Å². The molecule has 10 aliphatic rings. The van der Waals surface area contributed by atoms with Crippen LogP contribution in [0.5, 0.6) is 11.5 Å². The molecule has 714 valence electrons. The number of carbonyl (C=O) groups excluding carboxylic acids is 4. The summed E-state index contributed by atoms with van der Waals surface area (Å²) in [5.41, 5.74) is 11.1. The lowest BCUT2D eigenvalue weighted by atomic mass is 10.0. The smallest absolute Gasteiger partial charge is 0.253 e. The molecule has 4 amide bonds. The van der Waals surface area contributed by atoms with Gasteiger partial charge in [0.15, 0.2) is 46.6 Å². The normalized spacial score (nSPS) is 19.0. The summed E-state index contributed by atoms with van der Waals surface area (Å²) in [6.45, 7) is 13.9. The Labute approximate surface area is 795 Å². The summed E-state index contributed by atoms with van der Waals surface area (Å²) >= 11 is 0. The molecule has 0 radical (unpaired) electrons. The van der Waals surface area contributed by atoms with E-state index >= 15 is 0 Å². The van der Waals surface area contributed by atoms with Crippen molar-refractivity contribution in [3.8, 4) is 34.2 Å². The highest BCUT2D eigenvalue weighted by Crippen LogP contribution is 2.49. The number of benzene rings is 4. The highest BCUT2D eigenvalue weighted by Gasteiger charge is 2.45. The standard InChI is InChI=1S/C26H32N8O3.C25H30N8O2.C24H30N8O.C23H28N8O/c1-3-20-24-32-28-15-33(24)21-13-27-26(31-23(21)34(20)18-6-4-5-7-18)30-19-9-8-16(12-22(19)36-2)25(35)29-17-10-11-37-14-17;1-3-19-23-31-27-14-32(23)20-13-26-25(30-22(20)33(19)17-6-4-5-7-17)29-18-11-8-15(12-21(18)35-2)24(34)28-16-9-10-16;1-5-19-22-29-26-14-31(22)20-13-25-24(28-21(20)32(19)17-8-6-7-9-17)27-18-11-10-16(12-15(18)2)23(33)30(3)4;1-4-18-21-29-26-13-30(21)19-12-25-23(28-20(19)31(18)16-7-5-6-8-16)27-17-10-9-15(11-14(17)2)22(32)24-3/h8-9,12-13,15,17-18,20H,3-7,10-11,14H2,1-2H3,(H,29,35)(H,27,30,31);8,11-14,16-17,19H,3-7,9-10H2,1-2H3,(H,28,34)(H,26,29,30);10-14,17,19H,5-9H2,1-4H3,(H,25,27,28);9-13,16,18H,4-8H2,1-3H3,(H,24,32)(H,25,27,28)/t17-,20-;2*19-;18-/m1111/s1. The molecule has 39 heteroatoms. The van der Waals surface area contributed by atoms with Crippen LogP contribution in [-0.4, -0.2) is 212 Å². The number of nitrogens with one attached hydrogen (secondary N) is 7. The number of aromatic nitrogens is 20. The predicted molar refractivity (Wildman–Crippen MR) is 519 cm³/mol. The first kappa shape index (κ1) is 91.7. The lowest BCUT2D eigenvalue weighted by molar-refractivity contribution is 0.0826. The Morgan fingerprint density at radius 1 is 0.394 bits per heavy atom. The predicted octanol–water partition coefficient (Wildman–Crippen LogP) is 15.2. The number of fused-ring (bicyclic) bond motifs is 12. The molecule has 5 aliphatic carbocycles. The fourth-order valence-electron chi connectivity index (χ4n) is 20.9. The maximum atomic E-state index is 12.7. The Morgan fingerprint density at radius 2 is 0.701 bits per heavy atom. The maximum absolute atomic E-state index is 12.7. The van der Waals surface area contributed by atoms with E-state index < -0.39 is 0 Å². The van der Waals surface area contributed by atoms with E-state index in [2.05, 4.69) is 145 Å². The van der Waals surface area contributed by atoms with Crippen molar-refractivity contribution in [2.75, 3.05) is 89.4 Å². The van der Waals surface area contributed by atoms with Crippen molar-refractivity contribution < 1.29 is 33.4 Å². The van der Waals surface area contributed by atoms with Crippen LogP contribution in [-0.2, 0) is 4.74 Å². The summed E-state index contributed by atoms with van der Waals surface area (Å²) in [4.78, 5) is 99.1. The fourth-order valence-corrected chi connectivity index (χ4v) is 20.9. The van der Waals surface area contributed by atoms with Gasteiger partial charge in [-0.1, -0.05) is 79.1 Å². The molecule has 13 heterocycles. The number of carbonyl (C=O) groups is 4. The Hall–Kier alpha value is -14.4. The van der Waals surface area contributed by atoms with E-state index in [1.54, 1.807) is 95.9 Å². The minimum absolute atomic E-state index is 0.0164. The molecule has 1 saturated heterocycles. The second-order valence-electron chi connectivity index (χ2n) is 36.9. The molecular formula is C98H120N32O7. The minimum Gasteiger partial charge on any atom is -0.495 e. The Bertz CT molecular complexity index is 6380. The molecule has 7 N–H and O–H groups in total. The van der Waals surface area contributed by atoms with Gasteiger partial charge in [-0.15, -0.1) is 40.8 Å². The third kappa shape index (κ3) is 18.6. The summed E-state index contributed by atoms with van der Waals surface area (Å²) in [6.07, 6.45) is 40.1. The van der Waals surface area contributed by atoms with E-state index in [-0.39, 0.29) is 53.8 Å². The molecule has 22 rings (SSSR count). The molecule has 4 aromatic carbocycles. The second-order valence-corrected chi connectivity index (χ2v) is 36.9. The van der Waals surface area contributed by atoms with Gasteiger partial charge in [0.05, 0.1) is 87.2 Å². The van der Waals surface area contributed by atoms with Gasteiger partial charge >= 0.3 is 0 Å². The number of nitrogens with zero attached hydrogens (tertiary/aromatic N) is 25. The fraction of sp³-hybridized carbons (Fsp3) is 0.469. The van der Waals surface area contributed by atoms with Crippen LogP contribution in [0.25, 0.3) is 22.7 Å². The largest absolute Gasteiger partial charge is 0.495 e. The first-order valence-corrected chi connectivity index (χ1v) is 48.4. The quantitative estimate of drug-likeness (QED) is 0.0295. The van der Waals surface area contributed by atoms with E-state index in [1.807, 2.05) is 99.4 Å². The van der Waals surface area contributed by atoms with E-state index in [1.165, 1.54) is 51.4 Å². The Kier molecular flexibility index (Phi) is 26.9. The van der Waals surface area contributed by atoms with Crippen molar-refractivity contribution in [3.05, 3.63) is 180 Å². The first-order chi connectivity index (χ1) is 66.9. The number of methoxy groups -OCH3 is 2. The highest BCUT2D eigenvalue weighted by molar-refractivity contribution is 5.97. The van der Waals surface area contributed by atoms with Crippen LogP contribution in [0.15, 0.2) is 123 Å². The Morgan fingerprint density at radius 3 is 0.993 bits per heavy atom. The average molecular weight is 1860 g/mol. The maximum Gasteiger partial charge on any atom is 0.253 e. The monoisotopic (exact) mass is 1860 g/mol. The summed E-state index contributed by atoms with van der Waals surface area (Å²) in [6, 6.07) is 24.5. The minimum atomic E-state index is -0.145. The third-order valence-electron chi connectivity index (χ3n) is 28.0. The third-order valence-corrected chi connectivity index (χ3v) is 28.0. The molecule has 0 bridgehead atoms. The lowest BCUT2D eigenvalue weighted by Gasteiger charge is -2.40. The summed E-state index contributed by atoms with van der Waals surface area (Å²) < 4.78 is 24.6. The van der Waals surface area contributed by atoms with Gasteiger partial charge in [0.1, 0.15) is 59.6 Å². The van der Waals surface area contributed by atoms with Gasteiger partial charge in [-0.2, -0.15) is 19.9 Å². The molecule has 5 saturated carbocycles. The zero-order valence-electron chi connectivity index (χ0n) is 79.5. The van der Waals surface area contributed by atoms with Crippen molar-refractivity contribution in [1.29, 1.82) is 0 Å². The number of hydrogen-bond donors (Lipinski definition) is 7. The molecule has 137 heavy (non-hydrogen) atoms. The molecule has 39 nitrogen and oxygen atoms in total. The van der Waals surface area contributed by atoms with Gasteiger partial charge in [0.25, 0.3) is 23.6 Å². The van der Waals surface area contributed by atoms with E-state index in [0.29, 0.717) is 112 Å². The number of rotatable bonds is 24. The van der Waals surface area contributed by atoms with Gasteiger partial charge in [0, 0.05) is 91.6 Å². The summed E-state index contributed by atoms with van der Waals surface area (Å²) in [5, 5.41) is 56.5. The van der Waals surface area contributed by atoms with Crippen LogP contribution in [0.1, 0.15) is 275 Å². The van der Waals surface area contributed by atoms with Crippen LogP contribution in [0.3, 0.4) is 0 Å². The highest BCUT2D eigenvalue weighted by atomic mass is 16.5. The first-order valence-electron chi connectivity index (χ1n) is 48.4. The zero-order chi connectivity index (χ0) is 94.6. The molecule has 8 aromatic heterocycles. The van der Waals surface area contributed by atoms with E-state index in [0.717, 1.165) is 188 Å². The molecule has 6 fully saturated rings. The van der Waals surface area contributed by atoms with Crippen molar-refractivity contribution in [2.24, 2.45) is 0 Å². The number of aryl methyl sites for hydroxylation is 2. The second kappa shape index (κ2) is 40.3. The van der Waals surface area contributed by atoms with Gasteiger partial charge in [-0.05, 0) is 194 Å². The van der Waals surface area contributed by atoms with Crippen LogP contribution in [0.2, 0.25) is 0 Å². The number of hydrogen-bond acceptors (Lipinski definition) is 31.